The zero-order chi connectivity index (χ0) is 23.4. The van der Waals surface area contributed by atoms with E-state index in [-0.39, 0.29) is 25.3 Å². The number of aliphatic hydroxyl groups is 2. The van der Waals surface area contributed by atoms with Gasteiger partial charge < -0.3 is 20.1 Å². The second-order valence-corrected chi connectivity index (χ2v) is 8.49. The molecular formula is C24H28N6O3. The highest BCUT2D eigenvalue weighted by atomic mass is 16.5. The van der Waals surface area contributed by atoms with Crippen molar-refractivity contribution < 1.29 is 14.7 Å². The first-order valence-corrected chi connectivity index (χ1v) is 11.1. The standard InChI is InChI=1S/C24H28N6O3/c1-15(2)27-22-19(11-25)10-20(12-26-22)24-28-23(29-33-24)18-4-3-16-5-7-30(21(13-31)14-32)8-6-17(16)9-18/h3-4,9-10,12,15,21,31-32H,5-8,13-14H2,1-2H3,(H,26,27). The fourth-order valence-electron chi connectivity index (χ4n) is 4.05. The zero-order valence-electron chi connectivity index (χ0n) is 18.8. The van der Waals surface area contributed by atoms with Crippen molar-refractivity contribution in [1.82, 2.24) is 20.0 Å². The van der Waals surface area contributed by atoms with E-state index in [1.165, 1.54) is 11.1 Å². The van der Waals surface area contributed by atoms with Gasteiger partial charge in [0.15, 0.2) is 0 Å². The summed E-state index contributed by atoms with van der Waals surface area (Å²) in [6.45, 7) is 5.41. The Balaban J connectivity index is 1.55. The van der Waals surface area contributed by atoms with Crippen molar-refractivity contribution in [2.45, 2.75) is 38.8 Å². The Morgan fingerprint density at radius 3 is 2.58 bits per heavy atom. The van der Waals surface area contributed by atoms with Crippen LogP contribution in [-0.4, -0.2) is 68.6 Å². The molecule has 1 aliphatic rings. The molecule has 0 saturated heterocycles. The molecule has 3 N–H and O–H groups in total. The fraction of sp³-hybridized carbons (Fsp3) is 0.417. The number of pyridine rings is 1. The van der Waals surface area contributed by atoms with Crippen molar-refractivity contribution in [1.29, 1.82) is 5.26 Å². The van der Waals surface area contributed by atoms with Crippen molar-refractivity contribution in [3.63, 3.8) is 0 Å². The second kappa shape index (κ2) is 10.1. The van der Waals surface area contributed by atoms with Gasteiger partial charge in [-0.3, -0.25) is 4.90 Å². The SMILES string of the molecule is CC(C)Nc1ncc(-c2nc(-c3ccc4c(c3)CCN(C(CO)CO)CC4)no2)cc1C#N. The topological polar surface area (TPSA) is 131 Å². The van der Waals surface area contributed by atoms with Crippen molar-refractivity contribution in [2.75, 3.05) is 31.6 Å². The van der Waals surface area contributed by atoms with Crippen molar-refractivity contribution in [3.05, 3.63) is 47.2 Å². The molecule has 172 valence electrons. The number of fused-ring (bicyclic) bond motifs is 1. The maximum absolute atomic E-state index is 9.51. The number of hydrogen-bond donors (Lipinski definition) is 3. The third kappa shape index (κ3) is 5.03. The van der Waals surface area contributed by atoms with Gasteiger partial charge in [-0.2, -0.15) is 10.2 Å². The minimum Gasteiger partial charge on any atom is -0.395 e. The number of nitriles is 1. The van der Waals surface area contributed by atoms with E-state index in [2.05, 4.69) is 43.5 Å². The maximum Gasteiger partial charge on any atom is 0.259 e. The van der Waals surface area contributed by atoms with Gasteiger partial charge in [0.25, 0.3) is 5.89 Å². The van der Waals surface area contributed by atoms with Crippen LogP contribution in [0.1, 0.15) is 30.5 Å². The minimum atomic E-state index is -0.229. The molecule has 0 radical (unpaired) electrons. The summed E-state index contributed by atoms with van der Waals surface area (Å²) >= 11 is 0. The number of aliphatic hydroxyl groups excluding tert-OH is 2. The lowest BCUT2D eigenvalue weighted by Gasteiger charge is -2.27. The van der Waals surface area contributed by atoms with Crippen LogP contribution in [0, 0.1) is 11.3 Å². The molecule has 1 aliphatic heterocycles. The number of aromatic nitrogens is 3. The summed E-state index contributed by atoms with van der Waals surface area (Å²) in [5.74, 6) is 1.31. The zero-order valence-corrected chi connectivity index (χ0v) is 18.8. The first kappa shape index (κ1) is 22.9. The Morgan fingerprint density at radius 2 is 1.88 bits per heavy atom. The van der Waals surface area contributed by atoms with Gasteiger partial charge in [0.2, 0.25) is 5.82 Å². The largest absolute Gasteiger partial charge is 0.395 e. The van der Waals surface area contributed by atoms with Gasteiger partial charge in [-0.05, 0) is 49.9 Å². The van der Waals surface area contributed by atoms with E-state index in [0.717, 1.165) is 31.5 Å². The lowest BCUT2D eigenvalue weighted by atomic mass is 10.00. The van der Waals surface area contributed by atoms with E-state index in [4.69, 9.17) is 4.52 Å². The van der Waals surface area contributed by atoms with Crippen LogP contribution >= 0.6 is 0 Å². The summed E-state index contributed by atoms with van der Waals surface area (Å²) in [6, 6.07) is 9.92. The molecule has 3 heterocycles. The predicted molar refractivity (Wildman–Crippen MR) is 123 cm³/mol. The number of benzene rings is 1. The summed E-state index contributed by atoms with van der Waals surface area (Å²) in [5, 5.41) is 35.8. The van der Waals surface area contributed by atoms with Crippen LogP contribution in [-0.2, 0) is 12.8 Å². The van der Waals surface area contributed by atoms with Crippen LogP contribution in [0.4, 0.5) is 5.82 Å². The van der Waals surface area contributed by atoms with Gasteiger partial charge in [-0.15, -0.1) is 0 Å². The number of nitrogens with zero attached hydrogens (tertiary/aromatic N) is 5. The first-order chi connectivity index (χ1) is 16.0. The lowest BCUT2D eigenvalue weighted by molar-refractivity contribution is 0.0769. The van der Waals surface area contributed by atoms with Gasteiger partial charge in [0.1, 0.15) is 11.9 Å². The molecule has 3 aromatic rings. The molecule has 9 nitrogen and oxygen atoms in total. The number of hydrogen-bond acceptors (Lipinski definition) is 9. The van der Waals surface area contributed by atoms with Crippen LogP contribution in [0.3, 0.4) is 0 Å². The molecule has 0 spiro atoms. The van der Waals surface area contributed by atoms with E-state index >= 15 is 0 Å². The van der Waals surface area contributed by atoms with E-state index in [0.29, 0.717) is 28.7 Å². The predicted octanol–water partition coefficient (Wildman–Crippen LogP) is 2.24. The summed E-state index contributed by atoms with van der Waals surface area (Å²) in [4.78, 5) is 11.0. The Labute approximate surface area is 192 Å². The normalized spacial score (nSPS) is 14.2. The van der Waals surface area contributed by atoms with Crippen molar-refractivity contribution in [3.8, 4) is 28.9 Å². The van der Waals surface area contributed by atoms with Crippen LogP contribution < -0.4 is 5.32 Å². The van der Waals surface area contributed by atoms with Crippen molar-refractivity contribution in [2.24, 2.45) is 0 Å². The molecule has 33 heavy (non-hydrogen) atoms. The monoisotopic (exact) mass is 448 g/mol. The lowest BCUT2D eigenvalue weighted by Crippen LogP contribution is -2.42. The highest BCUT2D eigenvalue weighted by Crippen LogP contribution is 2.27. The van der Waals surface area contributed by atoms with E-state index in [1.54, 1.807) is 12.3 Å². The highest BCUT2D eigenvalue weighted by molar-refractivity contribution is 5.65. The quantitative estimate of drug-likeness (QED) is 0.498. The average Bonchev–Trinajstić information content (AvgIpc) is 3.22. The van der Waals surface area contributed by atoms with Gasteiger partial charge in [-0.25, -0.2) is 4.98 Å². The smallest absolute Gasteiger partial charge is 0.259 e. The van der Waals surface area contributed by atoms with Crippen LogP contribution in [0.5, 0.6) is 0 Å². The maximum atomic E-state index is 9.51. The van der Waals surface area contributed by atoms with E-state index in [9.17, 15) is 15.5 Å². The molecule has 4 rings (SSSR count). The van der Waals surface area contributed by atoms with E-state index < -0.39 is 0 Å². The molecule has 0 aliphatic carbocycles. The molecule has 2 aromatic heterocycles. The molecule has 1 aromatic carbocycles. The van der Waals surface area contributed by atoms with Gasteiger partial charge in [0.05, 0.1) is 30.4 Å². The summed E-state index contributed by atoms with van der Waals surface area (Å²) in [5.41, 5.74) is 4.30. The third-order valence-electron chi connectivity index (χ3n) is 5.85. The highest BCUT2D eigenvalue weighted by Gasteiger charge is 2.21. The molecule has 0 saturated carbocycles. The number of nitrogens with one attached hydrogen (secondary N) is 1. The molecule has 0 fully saturated rings. The van der Waals surface area contributed by atoms with Crippen LogP contribution in [0.2, 0.25) is 0 Å². The Bertz CT molecular complexity index is 1150. The molecule has 0 unspecified atom stereocenters. The Hall–Kier alpha value is -3.32. The molecule has 0 bridgehead atoms. The molecular weight excluding hydrogens is 420 g/mol. The molecule has 9 heteroatoms. The summed E-state index contributed by atoms with van der Waals surface area (Å²) in [6.07, 6.45) is 3.28. The summed E-state index contributed by atoms with van der Waals surface area (Å²) in [7, 11) is 0. The average molecular weight is 449 g/mol. The number of anilines is 1. The summed E-state index contributed by atoms with van der Waals surface area (Å²) < 4.78 is 5.48. The minimum absolute atomic E-state index is 0.0549. The Kier molecular flexibility index (Phi) is 6.99. The van der Waals surface area contributed by atoms with Crippen LogP contribution in [0.15, 0.2) is 35.0 Å². The first-order valence-electron chi connectivity index (χ1n) is 11.1. The van der Waals surface area contributed by atoms with Gasteiger partial charge in [-0.1, -0.05) is 17.3 Å². The van der Waals surface area contributed by atoms with Crippen LogP contribution in [0.25, 0.3) is 22.8 Å². The van der Waals surface area contributed by atoms with Crippen molar-refractivity contribution >= 4 is 5.82 Å². The molecule has 0 atom stereocenters. The van der Waals surface area contributed by atoms with E-state index in [1.807, 2.05) is 19.9 Å². The van der Waals surface area contributed by atoms with Gasteiger partial charge >= 0.3 is 0 Å². The van der Waals surface area contributed by atoms with Gasteiger partial charge in [0, 0.05) is 30.9 Å². The fourth-order valence-corrected chi connectivity index (χ4v) is 4.05. The third-order valence-corrected chi connectivity index (χ3v) is 5.85. The molecule has 0 amide bonds. The Morgan fingerprint density at radius 1 is 1.12 bits per heavy atom. The number of rotatable bonds is 7. The second-order valence-electron chi connectivity index (χ2n) is 8.49.